The minimum Gasteiger partial charge on any atom is -0.456 e. The van der Waals surface area contributed by atoms with Crippen LogP contribution in [0, 0.1) is 0 Å². The van der Waals surface area contributed by atoms with Crippen LogP contribution in [-0.2, 0) is 17.3 Å². The fourth-order valence-electron chi connectivity index (χ4n) is 8.41. The molecule has 0 spiro atoms. The van der Waals surface area contributed by atoms with Gasteiger partial charge in [-0.3, -0.25) is 0 Å². The zero-order valence-corrected chi connectivity index (χ0v) is 30.8. The quantitative estimate of drug-likeness (QED) is 0.181. The minimum absolute atomic E-state index is 0.0311. The molecule has 2 heteroatoms. The molecule has 0 bridgehead atoms. The van der Waals surface area contributed by atoms with Gasteiger partial charge in [0.05, 0.1) is 0 Å². The molecule has 0 saturated carbocycles. The van der Waals surface area contributed by atoms with Crippen molar-refractivity contribution in [1.82, 2.24) is 0 Å². The van der Waals surface area contributed by atoms with Gasteiger partial charge in [0.1, 0.15) is 11.3 Å². The molecule has 1 aromatic heterocycles. The minimum atomic E-state index is -0.0311. The van der Waals surface area contributed by atoms with Crippen LogP contribution in [-0.4, -0.2) is 0 Å². The van der Waals surface area contributed by atoms with Crippen molar-refractivity contribution in [1.29, 1.82) is 0 Å². The van der Waals surface area contributed by atoms with E-state index in [2.05, 4.69) is 185 Å². The van der Waals surface area contributed by atoms with Crippen LogP contribution >= 0.6 is 0 Å². The van der Waals surface area contributed by atoms with Crippen LogP contribution in [0.3, 0.4) is 0 Å². The maximum atomic E-state index is 6.49. The number of hydrogen-bond donors (Lipinski definition) is 0. The smallest absolute Gasteiger partial charge is 0.142 e. The van der Waals surface area contributed by atoms with Crippen molar-refractivity contribution < 1.29 is 4.42 Å². The Morgan fingerprint density at radius 1 is 0.654 bits per heavy atom. The third-order valence-corrected chi connectivity index (χ3v) is 11.3. The summed E-state index contributed by atoms with van der Waals surface area (Å²) in [6, 6.07) is 38.7. The lowest BCUT2D eigenvalue weighted by Crippen LogP contribution is -2.17. The summed E-state index contributed by atoms with van der Waals surface area (Å²) in [5.74, 6) is 0.998. The fourth-order valence-corrected chi connectivity index (χ4v) is 8.41. The Kier molecular flexibility index (Phi) is 7.63. The number of furan rings is 1. The van der Waals surface area contributed by atoms with Crippen LogP contribution in [0.1, 0.15) is 75.5 Å². The van der Waals surface area contributed by atoms with Crippen LogP contribution in [0.15, 0.2) is 150 Å². The first-order valence-electron chi connectivity index (χ1n) is 18.7. The van der Waals surface area contributed by atoms with E-state index in [0.717, 1.165) is 58.8 Å². The lowest BCUT2D eigenvalue weighted by molar-refractivity contribution is 0.584. The molecule has 0 aliphatic heterocycles. The molecule has 1 heterocycles. The number of benzene rings is 5. The van der Waals surface area contributed by atoms with Gasteiger partial charge in [-0.1, -0.05) is 132 Å². The molecule has 6 aromatic rings. The van der Waals surface area contributed by atoms with Crippen molar-refractivity contribution in [2.75, 3.05) is 4.90 Å². The van der Waals surface area contributed by atoms with Gasteiger partial charge in [0.2, 0.25) is 0 Å². The van der Waals surface area contributed by atoms with E-state index >= 15 is 0 Å². The zero-order chi connectivity index (χ0) is 35.6. The second-order valence-corrected chi connectivity index (χ2v) is 16.1. The van der Waals surface area contributed by atoms with Crippen LogP contribution in [0.2, 0.25) is 0 Å². The molecule has 0 unspecified atom stereocenters. The summed E-state index contributed by atoms with van der Waals surface area (Å²) in [7, 11) is 0. The first-order valence-corrected chi connectivity index (χ1v) is 18.7. The van der Waals surface area contributed by atoms with E-state index in [0.29, 0.717) is 0 Å². The SMILES string of the molecule is CC(C)(C)c1ccc2c(c1)C(C)(C)c1ccc(-c3ccc(N(C4=CC=CCC=C4)c4cccc(-c5cccc6c7c(oc56)C=CCC7)c4)cc3)cc1-2. The maximum Gasteiger partial charge on any atom is 0.142 e. The molecular weight excluding hydrogens is 631 g/mol. The Morgan fingerprint density at radius 2 is 1.48 bits per heavy atom. The number of nitrogens with zero attached hydrogens (tertiary/aromatic N) is 1. The van der Waals surface area contributed by atoms with E-state index in [1.807, 2.05) is 0 Å². The van der Waals surface area contributed by atoms with Crippen molar-refractivity contribution >= 4 is 28.4 Å². The van der Waals surface area contributed by atoms with Gasteiger partial charge < -0.3 is 9.32 Å². The highest BCUT2D eigenvalue weighted by molar-refractivity contribution is 5.97. The Bertz CT molecular complexity index is 2490. The number of fused-ring (bicyclic) bond motifs is 6. The van der Waals surface area contributed by atoms with Crippen molar-refractivity contribution in [2.45, 2.75) is 64.7 Å². The predicted molar refractivity (Wildman–Crippen MR) is 220 cm³/mol. The summed E-state index contributed by atoms with van der Waals surface area (Å²) in [4.78, 5) is 2.36. The predicted octanol–water partition coefficient (Wildman–Crippen LogP) is 13.9. The zero-order valence-electron chi connectivity index (χ0n) is 30.8. The maximum absolute atomic E-state index is 6.49. The molecule has 2 nitrogen and oxygen atoms in total. The highest BCUT2D eigenvalue weighted by Crippen LogP contribution is 2.51. The van der Waals surface area contributed by atoms with Crippen molar-refractivity contribution in [3.05, 3.63) is 173 Å². The van der Waals surface area contributed by atoms with Crippen LogP contribution in [0.4, 0.5) is 11.4 Å². The Labute approximate surface area is 308 Å². The number of rotatable bonds is 5. The highest BCUT2D eigenvalue weighted by Gasteiger charge is 2.36. The monoisotopic (exact) mass is 675 g/mol. The van der Waals surface area contributed by atoms with Crippen LogP contribution in [0.5, 0.6) is 0 Å². The van der Waals surface area contributed by atoms with E-state index in [-0.39, 0.29) is 10.8 Å². The third kappa shape index (κ3) is 5.40. The second-order valence-electron chi connectivity index (χ2n) is 16.1. The first-order chi connectivity index (χ1) is 25.2. The van der Waals surface area contributed by atoms with E-state index in [9.17, 15) is 0 Å². The van der Waals surface area contributed by atoms with E-state index in [1.165, 1.54) is 49.9 Å². The first kappa shape index (κ1) is 32.3. The van der Waals surface area contributed by atoms with Crippen LogP contribution < -0.4 is 4.90 Å². The Balaban J connectivity index is 1.10. The number of anilines is 2. The van der Waals surface area contributed by atoms with Gasteiger partial charge in [0.25, 0.3) is 0 Å². The summed E-state index contributed by atoms with van der Waals surface area (Å²) in [6.07, 6.45) is 18.4. The molecule has 9 rings (SSSR count). The van der Waals surface area contributed by atoms with Gasteiger partial charge in [-0.15, -0.1) is 0 Å². The normalized spacial score (nSPS) is 15.6. The topological polar surface area (TPSA) is 16.4 Å². The molecule has 0 fully saturated rings. The summed E-state index contributed by atoms with van der Waals surface area (Å²) < 4.78 is 6.49. The fraction of sp³-hybridized carbons (Fsp3) is 0.200. The van der Waals surface area contributed by atoms with Crippen LogP contribution in [0.25, 0.3) is 50.4 Å². The average Bonchev–Trinajstić information content (AvgIpc) is 3.48. The highest BCUT2D eigenvalue weighted by atomic mass is 16.3. The number of para-hydroxylation sites is 1. The molecule has 3 aliphatic carbocycles. The molecule has 256 valence electrons. The summed E-state index contributed by atoms with van der Waals surface area (Å²) in [5, 5.41) is 1.22. The van der Waals surface area contributed by atoms with Gasteiger partial charge in [-0.05, 0) is 118 Å². The van der Waals surface area contributed by atoms with E-state index in [4.69, 9.17) is 4.42 Å². The van der Waals surface area contributed by atoms with Gasteiger partial charge in [0.15, 0.2) is 0 Å². The summed E-state index contributed by atoms with van der Waals surface area (Å²) in [6.45, 7) is 11.6. The third-order valence-electron chi connectivity index (χ3n) is 11.3. The van der Waals surface area contributed by atoms with Crippen molar-refractivity contribution in [3.63, 3.8) is 0 Å². The molecule has 0 atom stereocenters. The van der Waals surface area contributed by atoms with Crippen molar-refractivity contribution in [3.8, 4) is 33.4 Å². The van der Waals surface area contributed by atoms with Gasteiger partial charge in [0, 0.05) is 39.0 Å². The Morgan fingerprint density at radius 3 is 2.33 bits per heavy atom. The molecule has 0 saturated heterocycles. The summed E-state index contributed by atoms with van der Waals surface area (Å²) in [5.41, 5.74) is 17.4. The standard InChI is InChI=1S/C50H45NO/c1-49(2,3)36-25-28-41-44-31-34(24-29-45(44)50(4,5)46(41)32-36)33-22-26-38(27-23-33)51(37-15-8-6-7-9-16-37)39-17-12-14-35(30-39)40-19-13-20-43-42-18-10-11-21-47(42)52-48(40)43/h6,8-9,11-17,19-32H,7,10,18H2,1-5H3. The molecular formula is C50H45NO. The van der Waals surface area contributed by atoms with E-state index in [1.54, 1.807) is 0 Å². The number of allylic oxidation sites excluding steroid dienone is 6. The largest absolute Gasteiger partial charge is 0.456 e. The number of aryl methyl sites for hydroxylation is 1. The number of hydrogen-bond acceptors (Lipinski definition) is 2. The van der Waals surface area contributed by atoms with E-state index < -0.39 is 0 Å². The molecule has 0 amide bonds. The van der Waals surface area contributed by atoms with Gasteiger partial charge in [-0.2, -0.15) is 0 Å². The summed E-state index contributed by atoms with van der Waals surface area (Å²) >= 11 is 0. The lowest BCUT2D eigenvalue weighted by Gasteiger charge is -2.27. The average molecular weight is 676 g/mol. The Hall–Kier alpha value is -5.60. The lowest BCUT2D eigenvalue weighted by atomic mass is 9.79. The second kappa shape index (κ2) is 12.3. The van der Waals surface area contributed by atoms with Gasteiger partial charge >= 0.3 is 0 Å². The molecule has 52 heavy (non-hydrogen) atoms. The molecule has 5 aromatic carbocycles. The van der Waals surface area contributed by atoms with Crippen molar-refractivity contribution in [2.24, 2.45) is 0 Å². The molecule has 3 aliphatic rings. The molecule has 0 radical (unpaired) electrons. The molecule has 0 N–H and O–H groups in total. The van der Waals surface area contributed by atoms with Gasteiger partial charge in [-0.25, -0.2) is 0 Å².